The molecular formula is C13H6ClF3N2. The van der Waals surface area contributed by atoms with Crippen molar-refractivity contribution in [3.8, 4) is 6.07 Å². The maximum atomic E-state index is 13.4. The van der Waals surface area contributed by atoms with Crippen LogP contribution < -0.4 is 5.32 Å². The van der Waals surface area contributed by atoms with E-state index < -0.39 is 17.5 Å². The Bertz CT molecular complexity index is 680. The zero-order valence-corrected chi connectivity index (χ0v) is 10.1. The van der Waals surface area contributed by atoms with Gasteiger partial charge in [-0.15, -0.1) is 0 Å². The molecule has 0 heterocycles. The SMILES string of the molecule is N#Cc1ccc(Nc2cc(F)cc(F)c2F)c(Cl)c1. The molecule has 0 spiro atoms. The monoisotopic (exact) mass is 282 g/mol. The Morgan fingerprint density at radius 1 is 1.05 bits per heavy atom. The lowest BCUT2D eigenvalue weighted by molar-refractivity contribution is 0.498. The van der Waals surface area contributed by atoms with E-state index in [4.69, 9.17) is 16.9 Å². The molecule has 0 aliphatic rings. The van der Waals surface area contributed by atoms with Gasteiger partial charge in [0.15, 0.2) is 11.6 Å². The lowest BCUT2D eigenvalue weighted by Gasteiger charge is -2.10. The molecule has 0 atom stereocenters. The fraction of sp³-hybridized carbons (Fsp3) is 0. The van der Waals surface area contributed by atoms with Gasteiger partial charge in [0.2, 0.25) is 0 Å². The van der Waals surface area contributed by atoms with Crippen LogP contribution in [0.1, 0.15) is 5.56 Å². The van der Waals surface area contributed by atoms with Crippen LogP contribution in [-0.4, -0.2) is 0 Å². The van der Waals surface area contributed by atoms with Crippen molar-refractivity contribution in [1.29, 1.82) is 5.26 Å². The molecule has 2 nitrogen and oxygen atoms in total. The first-order valence-electron chi connectivity index (χ1n) is 5.12. The fourth-order valence-electron chi connectivity index (χ4n) is 1.48. The van der Waals surface area contributed by atoms with Gasteiger partial charge >= 0.3 is 0 Å². The standard InChI is InChI=1S/C13H6ClF3N2/c14-9-3-7(6-18)1-2-11(9)19-12-5-8(15)4-10(16)13(12)17/h1-5,19H. The van der Waals surface area contributed by atoms with Crippen LogP contribution in [0.25, 0.3) is 0 Å². The molecule has 0 aliphatic heterocycles. The van der Waals surface area contributed by atoms with Gasteiger partial charge in [-0.25, -0.2) is 13.2 Å². The molecule has 6 heteroatoms. The summed E-state index contributed by atoms with van der Waals surface area (Å²) in [5.41, 5.74) is 0.190. The summed E-state index contributed by atoms with van der Waals surface area (Å²) in [6.45, 7) is 0. The summed E-state index contributed by atoms with van der Waals surface area (Å²) in [4.78, 5) is 0. The number of nitrogens with zero attached hydrogens (tertiary/aromatic N) is 1. The smallest absolute Gasteiger partial charge is 0.182 e. The summed E-state index contributed by atoms with van der Waals surface area (Å²) >= 11 is 5.87. The largest absolute Gasteiger partial charge is 0.352 e. The summed E-state index contributed by atoms with van der Waals surface area (Å²) in [5, 5.41) is 11.3. The predicted octanol–water partition coefficient (Wildman–Crippen LogP) is 4.37. The topological polar surface area (TPSA) is 35.8 Å². The van der Waals surface area contributed by atoms with Crippen LogP contribution in [0, 0.1) is 28.8 Å². The Morgan fingerprint density at radius 3 is 2.42 bits per heavy atom. The first-order valence-corrected chi connectivity index (χ1v) is 5.50. The van der Waals surface area contributed by atoms with E-state index in [9.17, 15) is 13.2 Å². The van der Waals surface area contributed by atoms with Gasteiger partial charge in [-0.1, -0.05) is 11.6 Å². The van der Waals surface area contributed by atoms with Crippen LogP contribution >= 0.6 is 11.6 Å². The lowest BCUT2D eigenvalue weighted by Crippen LogP contribution is -1.98. The third kappa shape index (κ3) is 2.80. The Kier molecular flexibility index (Phi) is 3.63. The van der Waals surface area contributed by atoms with Crippen molar-refractivity contribution in [2.45, 2.75) is 0 Å². The second-order valence-electron chi connectivity index (χ2n) is 3.68. The highest BCUT2D eigenvalue weighted by atomic mass is 35.5. The molecule has 19 heavy (non-hydrogen) atoms. The molecule has 0 bridgehead atoms. The molecule has 2 aromatic rings. The molecule has 0 radical (unpaired) electrons. The number of halogens is 4. The Hall–Kier alpha value is -2.19. The van der Waals surface area contributed by atoms with E-state index in [0.717, 1.165) is 6.07 Å². The molecule has 0 aliphatic carbocycles. The van der Waals surface area contributed by atoms with Gasteiger partial charge in [0.1, 0.15) is 5.82 Å². The first kappa shape index (κ1) is 13.2. The zero-order chi connectivity index (χ0) is 14.0. The van der Waals surface area contributed by atoms with Crippen LogP contribution in [0.15, 0.2) is 30.3 Å². The van der Waals surface area contributed by atoms with E-state index in [1.54, 1.807) is 0 Å². The second kappa shape index (κ2) is 5.21. The third-order valence-electron chi connectivity index (χ3n) is 2.36. The molecule has 0 unspecified atom stereocenters. The van der Waals surface area contributed by atoms with Crippen molar-refractivity contribution in [3.05, 3.63) is 58.4 Å². The van der Waals surface area contributed by atoms with Gasteiger partial charge in [-0.2, -0.15) is 5.26 Å². The summed E-state index contributed by atoms with van der Waals surface area (Å²) in [7, 11) is 0. The molecule has 2 aromatic carbocycles. The molecule has 2 rings (SSSR count). The molecule has 96 valence electrons. The molecule has 0 fully saturated rings. The minimum atomic E-state index is -1.30. The minimum absolute atomic E-state index is 0.142. The van der Waals surface area contributed by atoms with E-state index in [-0.39, 0.29) is 16.4 Å². The highest BCUT2D eigenvalue weighted by molar-refractivity contribution is 6.33. The van der Waals surface area contributed by atoms with Gasteiger partial charge < -0.3 is 5.32 Å². The minimum Gasteiger partial charge on any atom is -0.352 e. The molecular weight excluding hydrogens is 277 g/mol. The lowest BCUT2D eigenvalue weighted by atomic mass is 10.2. The quantitative estimate of drug-likeness (QED) is 0.830. The number of anilines is 2. The van der Waals surface area contributed by atoms with Gasteiger partial charge in [-0.3, -0.25) is 0 Å². The molecule has 0 saturated heterocycles. The van der Waals surface area contributed by atoms with Crippen molar-refractivity contribution in [2.24, 2.45) is 0 Å². The summed E-state index contributed by atoms with van der Waals surface area (Å²) in [6, 6.07) is 7.36. The van der Waals surface area contributed by atoms with Crippen LogP contribution in [-0.2, 0) is 0 Å². The van der Waals surface area contributed by atoms with Crippen LogP contribution in [0.4, 0.5) is 24.5 Å². The van der Waals surface area contributed by atoms with E-state index in [1.165, 1.54) is 18.2 Å². The van der Waals surface area contributed by atoms with E-state index in [0.29, 0.717) is 11.6 Å². The van der Waals surface area contributed by atoms with Gasteiger partial charge in [-0.05, 0) is 18.2 Å². The first-order chi connectivity index (χ1) is 9.01. The third-order valence-corrected chi connectivity index (χ3v) is 2.67. The molecule has 0 saturated carbocycles. The maximum absolute atomic E-state index is 13.4. The van der Waals surface area contributed by atoms with Crippen molar-refractivity contribution >= 4 is 23.0 Å². The van der Waals surface area contributed by atoms with E-state index in [1.807, 2.05) is 6.07 Å². The van der Waals surface area contributed by atoms with Crippen molar-refractivity contribution in [3.63, 3.8) is 0 Å². The number of rotatable bonds is 2. The number of nitrogens with one attached hydrogen (secondary N) is 1. The average molecular weight is 283 g/mol. The summed E-state index contributed by atoms with van der Waals surface area (Å²) < 4.78 is 39.5. The van der Waals surface area contributed by atoms with E-state index >= 15 is 0 Å². The maximum Gasteiger partial charge on any atom is 0.182 e. The fourth-order valence-corrected chi connectivity index (χ4v) is 1.71. The van der Waals surface area contributed by atoms with Gasteiger partial charge in [0, 0.05) is 12.1 Å². The normalized spacial score (nSPS) is 10.1. The van der Waals surface area contributed by atoms with E-state index in [2.05, 4.69) is 5.32 Å². The van der Waals surface area contributed by atoms with Crippen LogP contribution in [0.5, 0.6) is 0 Å². The number of benzene rings is 2. The summed E-state index contributed by atoms with van der Waals surface area (Å²) in [5.74, 6) is -3.42. The molecule has 1 N–H and O–H groups in total. The highest BCUT2D eigenvalue weighted by Gasteiger charge is 2.12. The second-order valence-corrected chi connectivity index (χ2v) is 4.09. The predicted molar refractivity (Wildman–Crippen MR) is 65.8 cm³/mol. The number of nitriles is 1. The summed E-state index contributed by atoms with van der Waals surface area (Å²) in [6.07, 6.45) is 0. The number of hydrogen-bond acceptors (Lipinski definition) is 2. The van der Waals surface area contributed by atoms with Crippen molar-refractivity contribution in [1.82, 2.24) is 0 Å². The molecule has 0 amide bonds. The van der Waals surface area contributed by atoms with Crippen LogP contribution in [0.3, 0.4) is 0 Å². The Morgan fingerprint density at radius 2 is 1.79 bits per heavy atom. The van der Waals surface area contributed by atoms with Crippen LogP contribution in [0.2, 0.25) is 5.02 Å². The Labute approximate surface area is 112 Å². The molecule has 0 aromatic heterocycles. The zero-order valence-electron chi connectivity index (χ0n) is 9.35. The number of hydrogen-bond donors (Lipinski definition) is 1. The average Bonchev–Trinajstić information content (AvgIpc) is 2.37. The highest BCUT2D eigenvalue weighted by Crippen LogP contribution is 2.28. The van der Waals surface area contributed by atoms with Gasteiger partial charge in [0.25, 0.3) is 0 Å². The van der Waals surface area contributed by atoms with Gasteiger partial charge in [0.05, 0.1) is 28.0 Å². The van der Waals surface area contributed by atoms with Crippen molar-refractivity contribution < 1.29 is 13.2 Å². The van der Waals surface area contributed by atoms with Crippen molar-refractivity contribution in [2.75, 3.05) is 5.32 Å². The Balaban J connectivity index is 2.39.